The summed E-state index contributed by atoms with van der Waals surface area (Å²) in [6, 6.07) is 3.96. The number of piperidine rings is 1. The summed E-state index contributed by atoms with van der Waals surface area (Å²) in [6.45, 7) is 11.2. The van der Waals surface area contributed by atoms with Crippen molar-refractivity contribution in [3.63, 3.8) is 0 Å². The smallest absolute Gasteiger partial charge is 0.411 e. The summed E-state index contributed by atoms with van der Waals surface area (Å²) in [5.41, 5.74) is 0.352. The first-order valence-corrected chi connectivity index (χ1v) is 11.0. The van der Waals surface area contributed by atoms with Gasteiger partial charge in [0, 0.05) is 7.05 Å². The van der Waals surface area contributed by atoms with E-state index in [0.29, 0.717) is 29.3 Å². The second-order valence-corrected chi connectivity index (χ2v) is 8.26. The Balaban J connectivity index is 0.00000233. The van der Waals surface area contributed by atoms with Crippen molar-refractivity contribution < 1.29 is 19.4 Å². The third kappa shape index (κ3) is 7.06. The maximum Gasteiger partial charge on any atom is 0.411 e. The quantitative estimate of drug-likeness (QED) is 0.579. The zero-order chi connectivity index (χ0) is 23.8. The van der Waals surface area contributed by atoms with Crippen LogP contribution in [0.3, 0.4) is 0 Å². The van der Waals surface area contributed by atoms with Crippen LogP contribution in [0.2, 0.25) is 0 Å². The molecule has 1 aliphatic rings. The fraction of sp³-hybridized carbons (Fsp3) is 0.565. The number of ether oxygens (including phenoxy) is 1. The SMILES string of the molecule is C/C=C(/Cl)C(=NC)C1CCCC(c2cccc(C(=O)O)n2)N1C(=O)OC(C)(C)C.CC. The number of carboxylic acid groups (broad SMARTS) is 1. The number of likely N-dealkylation sites (tertiary alicyclic amines) is 1. The van der Waals surface area contributed by atoms with Gasteiger partial charge < -0.3 is 9.84 Å². The van der Waals surface area contributed by atoms with Crippen LogP contribution in [0, 0.1) is 0 Å². The lowest BCUT2D eigenvalue weighted by atomic mass is 9.90. The summed E-state index contributed by atoms with van der Waals surface area (Å²) >= 11 is 6.39. The Morgan fingerprint density at radius 3 is 2.45 bits per heavy atom. The number of amides is 1. The van der Waals surface area contributed by atoms with Gasteiger partial charge in [0.05, 0.1) is 28.5 Å². The monoisotopic (exact) mass is 451 g/mol. The first-order chi connectivity index (χ1) is 14.6. The van der Waals surface area contributed by atoms with Crippen molar-refractivity contribution >= 4 is 29.4 Å². The van der Waals surface area contributed by atoms with E-state index in [1.807, 2.05) is 20.8 Å². The number of allylic oxidation sites excluding steroid dienone is 1. The van der Waals surface area contributed by atoms with Gasteiger partial charge in [-0.1, -0.05) is 37.6 Å². The van der Waals surface area contributed by atoms with Crippen molar-refractivity contribution in [1.82, 2.24) is 9.88 Å². The van der Waals surface area contributed by atoms with Crippen LogP contribution in [0.5, 0.6) is 0 Å². The van der Waals surface area contributed by atoms with Crippen LogP contribution in [0.15, 0.2) is 34.3 Å². The van der Waals surface area contributed by atoms with E-state index in [-0.39, 0.29) is 5.69 Å². The molecule has 1 amide bonds. The Hall–Kier alpha value is -2.41. The van der Waals surface area contributed by atoms with Gasteiger partial charge in [-0.2, -0.15) is 0 Å². The van der Waals surface area contributed by atoms with Crippen molar-refractivity contribution in [3.05, 3.63) is 40.7 Å². The van der Waals surface area contributed by atoms with E-state index in [1.165, 1.54) is 6.07 Å². The van der Waals surface area contributed by atoms with Gasteiger partial charge in [-0.15, -0.1) is 0 Å². The molecule has 1 aromatic rings. The largest absolute Gasteiger partial charge is 0.477 e. The Labute approximate surface area is 190 Å². The maximum absolute atomic E-state index is 13.2. The lowest BCUT2D eigenvalue weighted by molar-refractivity contribution is 0.00242. The minimum absolute atomic E-state index is 0.0652. The number of hydrogen-bond acceptors (Lipinski definition) is 5. The molecule has 1 N–H and O–H groups in total. The van der Waals surface area contributed by atoms with E-state index < -0.39 is 29.7 Å². The first kappa shape index (κ1) is 26.6. The van der Waals surface area contributed by atoms with Crippen molar-refractivity contribution in [2.24, 2.45) is 4.99 Å². The van der Waals surface area contributed by atoms with Crippen LogP contribution >= 0.6 is 11.6 Å². The van der Waals surface area contributed by atoms with Crippen molar-refractivity contribution in [2.75, 3.05) is 7.05 Å². The molecule has 0 spiro atoms. The zero-order valence-electron chi connectivity index (χ0n) is 19.5. The fourth-order valence-electron chi connectivity index (χ4n) is 3.45. The number of aliphatic imine (C=N–C) groups is 1. The summed E-state index contributed by atoms with van der Waals surface area (Å²) in [4.78, 5) is 34.8. The third-order valence-corrected chi connectivity index (χ3v) is 5.03. The molecule has 0 saturated carbocycles. The van der Waals surface area contributed by atoms with Crippen LogP contribution in [-0.4, -0.2) is 51.5 Å². The minimum Gasteiger partial charge on any atom is -0.477 e. The number of carbonyl (C=O) groups excluding carboxylic acids is 1. The Bertz CT molecular complexity index is 830. The number of aromatic nitrogens is 1. The Morgan fingerprint density at radius 1 is 1.29 bits per heavy atom. The first-order valence-electron chi connectivity index (χ1n) is 10.6. The molecule has 2 heterocycles. The summed E-state index contributed by atoms with van der Waals surface area (Å²) in [7, 11) is 1.64. The van der Waals surface area contributed by atoms with E-state index in [2.05, 4.69) is 9.98 Å². The molecule has 1 aromatic heterocycles. The van der Waals surface area contributed by atoms with Crippen molar-refractivity contribution in [3.8, 4) is 0 Å². The molecule has 172 valence electrons. The molecule has 8 heteroatoms. The van der Waals surface area contributed by atoms with E-state index in [4.69, 9.17) is 16.3 Å². The van der Waals surface area contributed by atoms with Gasteiger partial charge in [-0.3, -0.25) is 9.89 Å². The van der Waals surface area contributed by atoms with E-state index in [1.54, 1.807) is 50.9 Å². The highest BCUT2D eigenvalue weighted by Crippen LogP contribution is 2.37. The number of hydrogen-bond donors (Lipinski definition) is 1. The highest BCUT2D eigenvalue weighted by molar-refractivity contribution is 6.44. The molecule has 31 heavy (non-hydrogen) atoms. The predicted molar refractivity (Wildman–Crippen MR) is 124 cm³/mol. The molecule has 1 aliphatic heterocycles. The van der Waals surface area contributed by atoms with Crippen LogP contribution in [0.4, 0.5) is 4.79 Å². The molecular formula is C23H34ClN3O4. The predicted octanol–water partition coefficient (Wildman–Crippen LogP) is 5.85. The molecule has 0 radical (unpaired) electrons. The van der Waals surface area contributed by atoms with Gasteiger partial charge in [-0.05, 0) is 59.1 Å². The molecule has 0 aliphatic carbocycles. The lowest BCUT2D eigenvalue weighted by Gasteiger charge is -2.42. The van der Waals surface area contributed by atoms with E-state index in [9.17, 15) is 14.7 Å². The lowest BCUT2D eigenvalue weighted by Crippen LogP contribution is -2.51. The molecular weight excluding hydrogens is 418 g/mol. The highest BCUT2D eigenvalue weighted by atomic mass is 35.5. The average molecular weight is 452 g/mol. The topological polar surface area (TPSA) is 92.1 Å². The average Bonchev–Trinajstić information content (AvgIpc) is 2.74. The summed E-state index contributed by atoms with van der Waals surface area (Å²) in [5.74, 6) is -1.12. The zero-order valence-corrected chi connectivity index (χ0v) is 20.2. The highest BCUT2D eigenvalue weighted by Gasteiger charge is 2.41. The number of pyridine rings is 1. The van der Waals surface area contributed by atoms with Crippen LogP contribution in [-0.2, 0) is 4.74 Å². The molecule has 1 fully saturated rings. The third-order valence-electron chi connectivity index (χ3n) is 4.62. The van der Waals surface area contributed by atoms with Gasteiger partial charge in [0.2, 0.25) is 0 Å². The molecule has 1 saturated heterocycles. The van der Waals surface area contributed by atoms with Gasteiger partial charge in [0.25, 0.3) is 0 Å². The number of nitrogens with zero attached hydrogens (tertiary/aromatic N) is 3. The standard InChI is InChI=1S/C21H28ClN3O4.C2H6/c1-6-13(22)18(23-5)17-12-8-11-16(25(17)20(28)29-21(2,3)4)14-9-7-10-15(24-14)19(26)27;1-2/h6-7,9-10,16-17H,8,11-12H2,1-5H3,(H,26,27);1-2H3/b13-6+,23-18?;. The number of halogens is 1. The molecule has 2 unspecified atom stereocenters. The molecule has 0 bridgehead atoms. The van der Waals surface area contributed by atoms with Gasteiger partial charge in [-0.25, -0.2) is 14.6 Å². The normalized spacial score (nSPS) is 19.9. The van der Waals surface area contributed by atoms with Crippen LogP contribution in [0.1, 0.15) is 83.0 Å². The van der Waals surface area contributed by atoms with Crippen molar-refractivity contribution in [1.29, 1.82) is 0 Å². The second-order valence-electron chi connectivity index (χ2n) is 7.85. The van der Waals surface area contributed by atoms with Gasteiger partial charge in [0.15, 0.2) is 0 Å². The van der Waals surface area contributed by atoms with Crippen LogP contribution < -0.4 is 0 Å². The van der Waals surface area contributed by atoms with E-state index >= 15 is 0 Å². The summed E-state index contributed by atoms with van der Waals surface area (Å²) in [6.07, 6.45) is 3.35. The number of aromatic carboxylic acids is 1. The maximum atomic E-state index is 13.2. The molecule has 2 rings (SSSR count). The van der Waals surface area contributed by atoms with Crippen molar-refractivity contribution in [2.45, 2.75) is 78.5 Å². The number of rotatable bonds is 4. The summed E-state index contributed by atoms with van der Waals surface area (Å²) < 4.78 is 5.67. The summed E-state index contributed by atoms with van der Waals surface area (Å²) in [5, 5.41) is 9.78. The molecule has 2 atom stereocenters. The number of carbonyl (C=O) groups is 2. The van der Waals surface area contributed by atoms with Gasteiger partial charge in [0.1, 0.15) is 11.3 Å². The Morgan fingerprint density at radius 2 is 1.94 bits per heavy atom. The molecule has 0 aromatic carbocycles. The fourth-order valence-corrected chi connectivity index (χ4v) is 3.66. The second kappa shape index (κ2) is 11.8. The van der Waals surface area contributed by atoms with Gasteiger partial charge >= 0.3 is 12.1 Å². The minimum atomic E-state index is -1.12. The van der Waals surface area contributed by atoms with E-state index in [0.717, 1.165) is 6.42 Å². The molecule has 7 nitrogen and oxygen atoms in total. The Kier molecular flexibility index (Phi) is 10.2. The number of carboxylic acids is 1. The van der Waals surface area contributed by atoms with Crippen LogP contribution in [0.25, 0.3) is 0 Å².